The van der Waals surface area contributed by atoms with E-state index in [4.69, 9.17) is 4.74 Å². The van der Waals surface area contributed by atoms with Crippen LogP contribution in [0, 0.1) is 0 Å². The minimum atomic E-state index is 0.0578. The Kier molecular flexibility index (Phi) is 5.43. The highest BCUT2D eigenvalue weighted by Gasteiger charge is 2.43. The number of halogens is 1. The monoisotopic (exact) mass is 325 g/mol. The molecule has 1 aromatic carbocycles. The lowest BCUT2D eigenvalue weighted by atomic mass is 9.72. The van der Waals surface area contributed by atoms with E-state index in [9.17, 15) is 0 Å². The molecule has 0 aromatic heterocycles. The van der Waals surface area contributed by atoms with E-state index in [0.717, 1.165) is 23.9 Å². The number of ether oxygens (including phenoxy) is 1. The fraction of sp³-hybridized carbons (Fsp3) is 0.625. The molecule has 1 atom stereocenters. The molecule has 0 amide bonds. The smallest absolute Gasteiger partial charge is 0.0834 e. The van der Waals surface area contributed by atoms with Gasteiger partial charge in [0.15, 0.2) is 0 Å². The molecular formula is C16H24BrNO. The third-order valence-electron chi connectivity index (χ3n) is 4.24. The van der Waals surface area contributed by atoms with Crippen LogP contribution < -0.4 is 5.32 Å². The van der Waals surface area contributed by atoms with Gasteiger partial charge in [-0.05, 0) is 56.3 Å². The van der Waals surface area contributed by atoms with Crippen LogP contribution in [0.2, 0.25) is 0 Å². The number of methoxy groups -OCH3 is 1. The predicted molar refractivity (Wildman–Crippen MR) is 83.5 cm³/mol. The quantitative estimate of drug-likeness (QED) is 0.820. The summed E-state index contributed by atoms with van der Waals surface area (Å²) in [6, 6.07) is 9.06. The number of hydrogen-bond acceptors (Lipinski definition) is 2. The molecule has 1 aliphatic rings. The van der Waals surface area contributed by atoms with Crippen molar-refractivity contribution in [1.82, 2.24) is 5.32 Å². The third kappa shape index (κ3) is 3.59. The maximum Gasteiger partial charge on any atom is 0.0834 e. The first-order valence-electron chi connectivity index (χ1n) is 7.23. The third-order valence-corrected chi connectivity index (χ3v) is 4.76. The molecule has 1 fully saturated rings. The van der Waals surface area contributed by atoms with Gasteiger partial charge in [0.05, 0.1) is 5.60 Å². The molecule has 0 saturated heterocycles. The summed E-state index contributed by atoms with van der Waals surface area (Å²) in [5, 5.41) is 3.69. The molecule has 1 unspecified atom stereocenters. The zero-order valence-corrected chi connectivity index (χ0v) is 13.5. The van der Waals surface area contributed by atoms with Gasteiger partial charge in [-0.15, -0.1) is 0 Å². The van der Waals surface area contributed by atoms with Crippen molar-refractivity contribution in [3.05, 3.63) is 34.3 Å². The van der Waals surface area contributed by atoms with Crippen molar-refractivity contribution in [2.45, 2.75) is 50.7 Å². The van der Waals surface area contributed by atoms with E-state index in [1.165, 1.54) is 24.8 Å². The van der Waals surface area contributed by atoms with Crippen LogP contribution >= 0.6 is 15.9 Å². The molecule has 2 nitrogen and oxygen atoms in total. The van der Waals surface area contributed by atoms with Gasteiger partial charge in [-0.1, -0.05) is 35.0 Å². The molecule has 3 heteroatoms. The fourth-order valence-corrected chi connectivity index (χ4v) is 3.10. The van der Waals surface area contributed by atoms with Crippen LogP contribution in [0.5, 0.6) is 0 Å². The van der Waals surface area contributed by atoms with Gasteiger partial charge >= 0.3 is 0 Å². The van der Waals surface area contributed by atoms with Gasteiger partial charge in [0, 0.05) is 17.6 Å². The van der Waals surface area contributed by atoms with Crippen molar-refractivity contribution in [3.63, 3.8) is 0 Å². The molecule has 2 rings (SSSR count). The number of benzene rings is 1. The largest absolute Gasteiger partial charge is 0.377 e. The summed E-state index contributed by atoms with van der Waals surface area (Å²) in [4.78, 5) is 0. The first kappa shape index (κ1) is 15.0. The maximum atomic E-state index is 5.86. The molecule has 106 valence electrons. The van der Waals surface area contributed by atoms with Gasteiger partial charge in [0.2, 0.25) is 0 Å². The Bertz CT molecular complexity index is 381. The minimum Gasteiger partial charge on any atom is -0.377 e. The zero-order valence-electron chi connectivity index (χ0n) is 11.9. The lowest BCUT2D eigenvalue weighted by Crippen LogP contribution is -2.57. The average Bonchev–Trinajstić information content (AvgIpc) is 2.37. The lowest BCUT2D eigenvalue weighted by molar-refractivity contribution is -0.0980. The topological polar surface area (TPSA) is 21.3 Å². The van der Waals surface area contributed by atoms with Crippen molar-refractivity contribution in [2.24, 2.45) is 0 Å². The van der Waals surface area contributed by atoms with E-state index >= 15 is 0 Å². The predicted octanol–water partition coefficient (Wildman–Crippen LogP) is 3.93. The first-order chi connectivity index (χ1) is 9.20. The van der Waals surface area contributed by atoms with Crippen LogP contribution in [0.15, 0.2) is 28.7 Å². The second-order valence-electron chi connectivity index (χ2n) is 5.46. The van der Waals surface area contributed by atoms with Gasteiger partial charge in [-0.3, -0.25) is 0 Å². The summed E-state index contributed by atoms with van der Waals surface area (Å²) in [6.07, 6.45) is 5.86. The molecule has 0 radical (unpaired) electrons. The second-order valence-corrected chi connectivity index (χ2v) is 6.38. The van der Waals surface area contributed by atoms with Crippen LogP contribution in [-0.2, 0) is 11.2 Å². The molecule has 1 aromatic rings. The van der Waals surface area contributed by atoms with Gasteiger partial charge in [-0.25, -0.2) is 0 Å². The van der Waals surface area contributed by atoms with Gasteiger partial charge < -0.3 is 10.1 Å². The number of hydrogen-bond donors (Lipinski definition) is 1. The van der Waals surface area contributed by atoms with Crippen molar-refractivity contribution in [2.75, 3.05) is 13.7 Å². The van der Waals surface area contributed by atoms with E-state index in [-0.39, 0.29) is 5.60 Å². The van der Waals surface area contributed by atoms with Crippen molar-refractivity contribution < 1.29 is 4.74 Å². The van der Waals surface area contributed by atoms with Crippen LogP contribution in [0.1, 0.15) is 38.2 Å². The molecule has 0 bridgehead atoms. The summed E-state index contributed by atoms with van der Waals surface area (Å²) in [7, 11) is 1.86. The summed E-state index contributed by atoms with van der Waals surface area (Å²) >= 11 is 3.49. The standard InChI is InChI=1S/C16H24BrNO/c1-3-11-18-15(16(19-2)9-4-10-16)12-13-5-7-14(17)8-6-13/h5-8,15,18H,3-4,9-12H2,1-2H3. The summed E-state index contributed by atoms with van der Waals surface area (Å²) < 4.78 is 7.00. The summed E-state index contributed by atoms with van der Waals surface area (Å²) in [6.45, 7) is 3.27. The van der Waals surface area contributed by atoms with E-state index in [2.05, 4.69) is 52.4 Å². The zero-order chi connectivity index (χ0) is 13.7. The molecule has 19 heavy (non-hydrogen) atoms. The highest BCUT2D eigenvalue weighted by atomic mass is 79.9. The van der Waals surface area contributed by atoms with Crippen LogP contribution in [0.3, 0.4) is 0 Å². The Labute approximate surface area is 125 Å². The molecule has 1 aliphatic carbocycles. The Balaban J connectivity index is 2.06. The first-order valence-corrected chi connectivity index (χ1v) is 8.02. The lowest BCUT2D eigenvalue weighted by Gasteiger charge is -2.47. The van der Waals surface area contributed by atoms with Crippen molar-refractivity contribution in [1.29, 1.82) is 0 Å². The van der Waals surface area contributed by atoms with Crippen LogP contribution in [0.4, 0.5) is 0 Å². The second kappa shape index (κ2) is 6.87. The van der Waals surface area contributed by atoms with Crippen molar-refractivity contribution >= 4 is 15.9 Å². The molecule has 1 saturated carbocycles. The average molecular weight is 326 g/mol. The Hall–Kier alpha value is -0.380. The highest BCUT2D eigenvalue weighted by molar-refractivity contribution is 9.10. The fourth-order valence-electron chi connectivity index (χ4n) is 2.84. The summed E-state index contributed by atoms with van der Waals surface area (Å²) in [5.74, 6) is 0. The van der Waals surface area contributed by atoms with E-state index in [1.807, 2.05) is 7.11 Å². The van der Waals surface area contributed by atoms with E-state index in [1.54, 1.807) is 0 Å². The number of nitrogens with one attached hydrogen (secondary N) is 1. The number of rotatable bonds is 7. The Morgan fingerprint density at radius 2 is 2.00 bits per heavy atom. The Morgan fingerprint density at radius 1 is 1.32 bits per heavy atom. The maximum absolute atomic E-state index is 5.86. The van der Waals surface area contributed by atoms with Gasteiger partial charge in [-0.2, -0.15) is 0 Å². The normalized spacial score (nSPS) is 18.9. The van der Waals surface area contributed by atoms with Gasteiger partial charge in [0.1, 0.15) is 0 Å². The van der Waals surface area contributed by atoms with Crippen molar-refractivity contribution in [3.8, 4) is 0 Å². The van der Waals surface area contributed by atoms with E-state index in [0.29, 0.717) is 6.04 Å². The molecule has 0 heterocycles. The summed E-state index contributed by atoms with van der Waals surface area (Å²) in [5.41, 5.74) is 1.43. The van der Waals surface area contributed by atoms with Crippen LogP contribution in [-0.4, -0.2) is 25.3 Å². The molecule has 1 N–H and O–H groups in total. The minimum absolute atomic E-state index is 0.0578. The molecule has 0 spiro atoms. The molecular weight excluding hydrogens is 302 g/mol. The Morgan fingerprint density at radius 3 is 2.47 bits per heavy atom. The SMILES string of the molecule is CCCNC(Cc1ccc(Br)cc1)C1(OC)CCC1. The van der Waals surface area contributed by atoms with E-state index < -0.39 is 0 Å². The van der Waals surface area contributed by atoms with Crippen LogP contribution in [0.25, 0.3) is 0 Å². The molecule has 0 aliphatic heterocycles. The van der Waals surface area contributed by atoms with Gasteiger partial charge in [0.25, 0.3) is 0 Å². The highest BCUT2D eigenvalue weighted by Crippen LogP contribution is 2.39.